The Morgan fingerprint density at radius 3 is 1.84 bits per heavy atom. The van der Waals surface area contributed by atoms with Gasteiger partial charge in [-0.05, 0) is 64.2 Å². The van der Waals surface area contributed by atoms with Crippen LogP contribution in [-0.2, 0) is 6.42 Å². The summed E-state index contributed by atoms with van der Waals surface area (Å²) < 4.78 is 2.80. The molecule has 31 heavy (non-hydrogen) atoms. The van der Waals surface area contributed by atoms with Gasteiger partial charge in [-0.15, -0.1) is 11.3 Å². The smallest absolute Gasteiger partial charge is 0.0361 e. The van der Waals surface area contributed by atoms with Crippen LogP contribution in [0.2, 0.25) is 0 Å². The number of unbranched alkanes of at least 4 members (excludes halogenated alkanes) is 7. The summed E-state index contributed by atoms with van der Waals surface area (Å²) in [5.74, 6) is 0. The van der Waals surface area contributed by atoms with E-state index >= 15 is 0 Å². The third kappa shape index (κ3) is 4.48. The average Bonchev–Trinajstić information content (AvgIpc) is 3.13. The monoisotopic (exact) mass is 424 g/mol. The first-order valence-corrected chi connectivity index (χ1v) is 12.9. The van der Waals surface area contributed by atoms with Crippen molar-refractivity contribution in [1.29, 1.82) is 0 Å². The Morgan fingerprint density at radius 1 is 0.548 bits per heavy atom. The second kappa shape index (κ2) is 9.40. The Bertz CT molecular complexity index is 1320. The van der Waals surface area contributed by atoms with E-state index in [1.807, 2.05) is 11.3 Å². The highest BCUT2D eigenvalue weighted by Gasteiger charge is 2.08. The zero-order valence-electron chi connectivity index (χ0n) is 18.6. The Labute approximate surface area is 189 Å². The highest BCUT2D eigenvalue weighted by Crippen LogP contribution is 2.38. The van der Waals surface area contributed by atoms with Crippen molar-refractivity contribution in [2.75, 3.05) is 0 Å². The molecule has 4 aromatic carbocycles. The zero-order chi connectivity index (χ0) is 21.0. The fraction of sp³-hybridized carbons (Fsp3) is 0.333. The molecule has 1 heterocycles. The van der Waals surface area contributed by atoms with Crippen molar-refractivity contribution >= 4 is 53.1 Å². The molecule has 0 N–H and O–H groups in total. The molecule has 5 aromatic rings. The summed E-state index contributed by atoms with van der Waals surface area (Å²) in [6.07, 6.45) is 12.3. The largest absolute Gasteiger partial charge is 0.135 e. The van der Waals surface area contributed by atoms with E-state index in [1.54, 1.807) is 0 Å². The van der Waals surface area contributed by atoms with Crippen LogP contribution in [0.3, 0.4) is 0 Å². The molecule has 158 valence electrons. The van der Waals surface area contributed by atoms with E-state index in [1.165, 1.54) is 105 Å². The number of hydrogen-bond acceptors (Lipinski definition) is 1. The summed E-state index contributed by atoms with van der Waals surface area (Å²) in [6.45, 7) is 2.29. The van der Waals surface area contributed by atoms with E-state index in [0.717, 1.165) is 0 Å². The molecular formula is C30H32S. The fourth-order valence-electron chi connectivity index (χ4n) is 4.87. The minimum atomic E-state index is 1.21. The molecule has 0 nitrogen and oxygen atoms in total. The third-order valence-corrected chi connectivity index (χ3v) is 7.80. The molecule has 0 atom stereocenters. The first kappa shape index (κ1) is 20.5. The number of hydrogen-bond donors (Lipinski definition) is 0. The van der Waals surface area contributed by atoms with Gasteiger partial charge in [0.2, 0.25) is 0 Å². The van der Waals surface area contributed by atoms with Crippen molar-refractivity contribution < 1.29 is 0 Å². The predicted octanol–water partition coefficient (Wildman–Crippen LogP) is 10.0. The van der Waals surface area contributed by atoms with Gasteiger partial charge in [-0.25, -0.2) is 0 Å². The molecular weight excluding hydrogens is 392 g/mol. The molecule has 0 saturated heterocycles. The molecule has 0 spiro atoms. The van der Waals surface area contributed by atoms with Gasteiger partial charge in [0.05, 0.1) is 0 Å². The maximum atomic E-state index is 2.43. The minimum absolute atomic E-state index is 1.21. The Balaban J connectivity index is 1.33. The van der Waals surface area contributed by atoms with Gasteiger partial charge >= 0.3 is 0 Å². The lowest BCUT2D eigenvalue weighted by atomic mass is 9.99. The first-order valence-electron chi connectivity index (χ1n) is 12.1. The number of aryl methyl sites for hydroxylation is 1. The summed E-state index contributed by atoms with van der Waals surface area (Å²) in [7, 11) is 0. The van der Waals surface area contributed by atoms with Gasteiger partial charge in [0.1, 0.15) is 0 Å². The van der Waals surface area contributed by atoms with Crippen LogP contribution < -0.4 is 0 Å². The zero-order valence-corrected chi connectivity index (χ0v) is 19.4. The van der Waals surface area contributed by atoms with Crippen LogP contribution in [0, 0.1) is 0 Å². The second-order valence-corrected chi connectivity index (χ2v) is 10.1. The van der Waals surface area contributed by atoms with Crippen LogP contribution in [0.25, 0.3) is 41.7 Å². The van der Waals surface area contributed by atoms with Crippen LogP contribution >= 0.6 is 11.3 Å². The Morgan fingerprint density at radius 2 is 1.13 bits per heavy atom. The maximum Gasteiger partial charge on any atom is 0.0361 e. The van der Waals surface area contributed by atoms with Crippen molar-refractivity contribution in [3.05, 3.63) is 72.3 Å². The van der Waals surface area contributed by atoms with Gasteiger partial charge in [0.15, 0.2) is 0 Å². The van der Waals surface area contributed by atoms with Crippen LogP contribution in [0.1, 0.15) is 63.9 Å². The third-order valence-electron chi connectivity index (χ3n) is 6.68. The number of thiophene rings is 1. The van der Waals surface area contributed by atoms with E-state index in [-0.39, 0.29) is 0 Å². The number of benzene rings is 4. The van der Waals surface area contributed by atoms with Crippen LogP contribution in [0.15, 0.2) is 66.7 Å². The van der Waals surface area contributed by atoms with E-state index in [2.05, 4.69) is 73.7 Å². The summed E-state index contributed by atoms with van der Waals surface area (Å²) in [6, 6.07) is 25.3. The van der Waals surface area contributed by atoms with Gasteiger partial charge < -0.3 is 0 Å². The first-order chi connectivity index (χ1) is 15.3. The van der Waals surface area contributed by atoms with E-state index in [9.17, 15) is 0 Å². The normalized spacial score (nSPS) is 11.9. The van der Waals surface area contributed by atoms with Gasteiger partial charge in [0.25, 0.3) is 0 Å². The average molecular weight is 425 g/mol. The van der Waals surface area contributed by atoms with Crippen LogP contribution in [0.4, 0.5) is 0 Å². The summed E-state index contributed by atoms with van der Waals surface area (Å²) in [5.41, 5.74) is 1.49. The van der Waals surface area contributed by atoms with Gasteiger partial charge in [-0.3, -0.25) is 0 Å². The molecule has 0 aliphatic rings. The molecule has 0 fully saturated rings. The van der Waals surface area contributed by atoms with Gasteiger partial charge in [-0.2, -0.15) is 0 Å². The van der Waals surface area contributed by atoms with E-state index in [0.29, 0.717) is 0 Å². The molecule has 0 aliphatic heterocycles. The highest BCUT2D eigenvalue weighted by molar-refractivity contribution is 7.26. The number of rotatable bonds is 9. The second-order valence-electron chi connectivity index (χ2n) is 9.05. The summed E-state index contributed by atoms with van der Waals surface area (Å²) >= 11 is 1.93. The van der Waals surface area contributed by atoms with E-state index in [4.69, 9.17) is 0 Å². The molecule has 0 radical (unpaired) electrons. The fourth-order valence-corrected chi connectivity index (χ4v) is 6.04. The van der Waals surface area contributed by atoms with Crippen LogP contribution in [0.5, 0.6) is 0 Å². The summed E-state index contributed by atoms with van der Waals surface area (Å²) in [4.78, 5) is 0. The molecule has 0 unspecified atom stereocenters. The lowest BCUT2D eigenvalue weighted by molar-refractivity contribution is 0.575. The molecule has 0 amide bonds. The molecule has 5 rings (SSSR count). The van der Waals surface area contributed by atoms with E-state index < -0.39 is 0 Å². The lowest BCUT2D eigenvalue weighted by Crippen LogP contribution is -1.87. The predicted molar refractivity (Wildman–Crippen MR) is 141 cm³/mol. The van der Waals surface area contributed by atoms with Crippen molar-refractivity contribution in [1.82, 2.24) is 0 Å². The molecule has 1 heteroatoms. The van der Waals surface area contributed by atoms with Crippen molar-refractivity contribution in [3.8, 4) is 0 Å². The lowest BCUT2D eigenvalue weighted by Gasteiger charge is -2.05. The standard InChI is InChI=1S/C30H32S/c1-2-3-4-5-6-7-8-9-12-22-15-16-25-19-28-27-18-23-13-10-11-14-24(23)20-29(27)31-30(28)21-26(25)17-22/h10-11,13-21H,2-9,12H2,1H3. The SMILES string of the molecule is CCCCCCCCCCc1ccc2cc3c(cc2c1)sc1cc2ccccc2cc13. The molecule has 0 bridgehead atoms. The summed E-state index contributed by atoms with van der Waals surface area (Å²) in [5, 5.41) is 8.20. The minimum Gasteiger partial charge on any atom is -0.135 e. The molecule has 1 aromatic heterocycles. The highest BCUT2D eigenvalue weighted by atomic mass is 32.1. The quantitative estimate of drug-likeness (QED) is 0.206. The van der Waals surface area contributed by atoms with Gasteiger partial charge in [0, 0.05) is 20.2 Å². The maximum absolute atomic E-state index is 2.43. The van der Waals surface area contributed by atoms with Crippen LogP contribution in [-0.4, -0.2) is 0 Å². The molecule has 0 saturated carbocycles. The Kier molecular flexibility index (Phi) is 6.22. The van der Waals surface area contributed by atoms with Gasteiger partial charge in [-0.1, -0.05) is 94.3 Å². The molecule has 0 aliphatic carbocycles. The topological polar surface area (TPSA) is 0 Å². The Hall–Kier alpha value is -2.38. The van der Waals surface area contributed by atoms with Crippen molar-refractivity contribution in [3.63, 3.8) is 0 Å². The number of fused-ring (bicyclic) bond motifs is 5. The van der Waals surface area contributed by atoms with Crippen molar-refractivity contribution in [2.45, 2.75) is 64.7 Å². The van der Waals surface area contributed by atoms with Crippen molar-refractivity contribution in [2.24, 2.45) is 0 Å².